The van der Waals surface area contributed by atoms with Crippen molar-refractivity contribution < 1.29 is 4.79 Å². The summed E-state index contributed by atoms with van der Waals surface area (Å²) < 4.78 is 0. The number of rotatable bonds is 2. The Balaban J connectivity index is 1.87. The lowest BCUT2D eigenvalue weighted by atomic mass is 9.97. The lowest BCUT2D eigenvalue weighted by molar-refractivity contribution is 0.0659. The number of hydrogen-bond acceptors (Lipinski definition) is 2. The van der Waals surface area contributed by atoms with Gasteiger partial charge >= 0.3 is 6.03 Å². The predicted molar refractivity (Wildman–Crippen MR) is 92.8 cm³/mol. The Labute approximate surface area is 137 Å². The second-order valence-corrected chi connectivity index (χ2v) is 6.29. The maximum atomic E-state index is 11.7. The van der Waals surface area contributed by atoms with Gasteiger partial charge in [0.1, 0.15) is 0 Å². The molecule has 1 saturated heterocycles. The highest BCUT2D eigenvalue weighted by Gasteiger charge is 2.32. The molecular formula is C19H23N3O. The molecule has 2 aromatic rings. The number of benzene rings is 2. The molecule has 0 saturated carbocycles. The van der Waals surface area contributed by atoms with E-state index >= 15 is 0 Å². The molecule has 1 aliphatic rings. The van der Waals surface area contributed by atoms with E-state index < -0.39 is 6.03 Å². The van der Waals surface area contributed by atoms with E-state index in [0.29, 0.717) is 0 Å². The Hall–Kier alpha value is -2.33. The molecule has 4 heteroatoms. The zero-order chi connectivity index (χ0) is 16.6. The van der Waals surface area contributed by atoms with Gasteiger partial charge in [-0.1, -0.05) is 42.5 Å². The van der Waals surface area contributed by atoms with E-state index in [2.05, 4.69) is 56.3 Å². The number of carbonyl (C=O) groups is 1. The smallest absolute Gasteiger partial charge is 0.329 e. The number of nitrogens with zero attached hydrogens (tertiary/aromatic N) is 2. The number of urea groups is 1. The monoisotopic (exact) mass is 309 g/mol. The van der Waals surface area contributed by atoms with Crippen molar-refractivity contribution in [3.05, 3.63) is 59.2 Å². The molecule has 1 unspecified atom stereocenters. The van der Waals surface area contributed by atoms with E-state index in [4.69, 9.17) is 5.73 Å². The van der Waals surface area contributed by atoms with Gasteiger partial charge in [-0.05, 0) is 48.1 Å². The average molecular weight is 309 g/mol. The SMILES string of the molecule is Cc1ccc(-c2ccc(C3CCN(C)N3C(N)=O)cc2)cc1C. The molecule has 0 spiro atoms. The van der Waals surface area contributed by atoms with Gasteiger partial charge in [0.25, 0.3) is 0 Å². The molecule has 1 heterocycles. The van der Waals surface area contributed by atoms with E-state index in [1.54, 1.807) is 5.01 Å². The van der Waals surface area contributed by atoms with Gasteiger partial charge in [-0.3, -0.25) is 0 Å². The second-order valence-electron chi connectivity index (χ2n) is 6.29. The van der Waals surface area contributed by atoms with Crippen LogP contribution >= 0.6 is 0 Å². The number of amides is 2. The van der Waals surface area contributed by atoms with Gasteiger partial charge in [-0.15, -0.1) is 0 Å². The van der Waals surface area contributed by atoms with Crippen molar-refractivity contribution in [1.29, 1.82) is 0 Å². The lowest BCUT2D eigenvalue weighted by Gasteiger charge is -2.28. The van der Waals surface area contributed by atoms with Crippen LogP contribution in [0, 0.1) is 13.8 Å². The summed E-state index contributed by atoms with van der Waals surface area (Å²) in [6.07, 6.45) is 0.905. The van der Waals surface area contributed by atoms with Crippen LogP contribution in [0.1, 0.15) is 29.2 Å². The van der Waals surface area contributed by atoms with E-state index in [-0.39, 0.29) is 6.04 Å². The Morgan fingerprint density at radius 2 is 1.70 bits per heavy atom. The largest absolute Gasteiger partial charge is 0.350 e. The van der Waals surface area contributed by atoms with Crippen molar-refractivity contribution in [2.45, 2.75) is 26.3 Å². The molecule has 120 valence electrons. The van der Waals surface area contributed by atoms with E-state index in [1.165, 1.54) is 22.3 Å². The van der Waals surface area contributed by atoms with Gasteiger partial charge in [0, 0.05) is 13.6 Å². The van der Waals surface area contributed by atoms with Crippen LogP contribution in [-0.2, 0) is 0 Å². The first-order chi connectivity index (χ1) is 11.0. The fourth-order valence-corrected chi connectivity index (χ4v) is 3.23. The van der Waals surface area contributed by atoms with Crippen LogP contribution in [0.4, 0.5) is 4.79 Å². The molecule has 0 radical (unpaired) electrons. The van der Waals surface area contributed by atoms with Crippen molar-refractivity contribution in [2.75, 3.05) is 13.6 Å². The molecule has 2 N–H and O–H groups in total. The summed E-state index contributed by atoms with van der Waals surface area (Å²) in [5.41, 5.74) is 11.6. The lowest BCUT2D eigenvalue weighted by Crippen LogP contribution is -2.43. The molecule has 3 rings (SSSR count). The van der Waals surface area contributed by atoms with Crippen molar-refractivity contribution >= 4 is 6.03 Å². The van der Waals surface area contributed by atoms with Crippen LogP contribution in [0.5, 0.6) is 0 Å². The molecule has 1 aliphatic heterocycles. The normalized spacial score (nSPS) is 18.4. The first kappa shape index (κ1) is 15.6. The minimum absolute atomic E-state index is 0.0336. The first-order valence-electron chi connectivity index (χ1n) is 7.94. The fraction of sp³-hybridized carbons (Fsp3) is 0.316. The minimum Gasteiger partial charge on any atom is -0.350 e. The van der Waals surface area contributed by atoms with Gasteiger partial charge in [0.05, 0.1) is 6.04 Å². The minimum atomic E-state index is -0.395. The summed E-state index contributed by atoms with van der Waals surface area (Å²) in [6, 6.07) is 14.6. The van der Waals surface area contributed by atoms with Gasteiger partial charge in [-0.25, -0.2) is 14.8 Å². The van der Waals surface area contributed by atoms with Gasteiger partial charge in [0.15, 0.2) is 0 Å². The maximum absolute atomic E-state index is 11.7. The predicted octanol–water partition coefficient (Wildman–Crippen LogP) is 3.64. The third kappa shape index (κ3) is 2.94. The molecule has 2 aromatic carbocycles. The second kappa shape index (κ2) is 6.05. The summed E-state index contributed by atoms with van der Waals surface area (Å²) in [6.45, 7) is 5.09. The molecule has 2 amide bonds. The van der Waals surface area contributed by atoms with E-state index in [1.807, 2.05) is 12.1 Å². The summed E-state index contributed by atoms with van der Waals surface area (Å²) in [7, 11) is 1.90. The number of aryl methyl sites for hydroxylation is 2. The summed E-state index contributed by atoms with van der Waals surface area (Å²) >= 11 is 0. The van der Waals surface area contributed by atoms with Crippen LogP contribution < -0.4 is 5.73 Å². The Bertz CT molecular complexity index is 724. The molecule has 0 aliphatic carbocycles. The summed E-state index contributed by atoms with van der Waals surface area (Å²) in [5.74, 6) is 0. The highest BCUT2D eigenvalue weighted by Crippen LogP contribution is 2.32. The third-order valence-corrected chi connectivity index (χ3v) is 4.75. The van der Waals surface area contributed by atoms with Crippen LogP contribution in [0.25, 0.3) is 11.1 Å². The van der Waals surface area contributed by atoms with Crippen LogP contribution in [0.2, 0.25) is 0 Å². The molecule has 0 bridgehead atoms. The molecule has 4 nitrogen and oxygen atoms in total. The van der Waals surface area contributed by atoms with Crippen molar-refractivity contribution in [3.63, 3.8) is 0 Å². The molecule has 1 fully saturated rings. The van der Waals surface area contributed by atoms with Crippen LogP contribution in [0.3, 0.4) is 0 Å². The topological polar surface area (TPSA) is 49.6 Å². The van der Waals surface area contributed by atoms with Crippen LogP contribution in [0.15, 0.2) is 42.5 Å². The Morgan fingerprint density at radius 3 is 2.30 bits per heavy atom. The van der Waals surface area contributed by atoms with E-state index in [9.17, 15) is 4.79 Å². The molecular weight excluding hydrogens is 286 g/mol. The highest BCUT2D eigenvalue weighted by atomic mass is 16.2. The summed E-state index contributed by atoms with van der Waals surface area (Å²) in [4.78, 5) is 11.7. The van der Waals surface area contributed by atoms with Gasteiger partial charge in [-0.2, -0.15) is 0 Å². The number of primary amides is 1. The zero-order valence-electron chi connectivity index (χ0n) is 13.9. The third-order valence-electron chi connectivity index (χ3n) is 4.75. The number of nitrogens with two attached hydrogens (primary N) is 1. The highest BCUT2D eigenvalue weighted by molar-refractivity contribution is 5.72. The maximum Gasteiger partial charge on any atom is 0.329 e. The number of carbonyl (C=O) groups excluding carboxylic acids is 1. The van der Waals surface area contributed by atoms with E-state index in [0.717, 1.165) is 18.5 Å². The number of hydrogen-bond donors (Lipinski definition) is 1. The van der Waals surface area contributed by atoms with Crippen molar-refractivity contribution in [1.82, 2.24) is 10.0 Å². The van der Waals surface area contributed by atoms with Gasteiger partial charge < -0.3 is 5.73 Å². The van der Waals surface area contributed by atoms with Crippen molar-refractivity contribution in [2.24, 2.45) is 5.73 Å². The van der Waals surface area contributed by atoms with Gasteiger partial charge in [0.2, 0.25) is 0 Å². The Kier molecular flexibility index (Phi) is 4.09. The fourth-order valence-electron chi connectivity index (χ4n) is 3.23. The zero-order valence-corrected chi connectivity index (χ0v) is 13.9. The average Bonchev–Trinajstić information content (AvgIpc) is 2.92. The molecule has 0 aromatic heterocycles. The molecule has 1 atom stereocenters. The summed E-state index contributed by atoms with van der Waals surface area (Å²) in [5, 5.41) is 3.54. The number of hydrazine groups is 1. The Morgan fingerprint density at radius 1 is 1.04 bits per heavy atom. The van der Waals surface area contributed by atoms with Crippen LogP contribution in [-0.4, -0.2) is 29.6 Å². The first-order valence-corrected chi connectivity index (χ1v) is 7.94. The standard InChI is InChI=1S/C19H23N3O/c1-13-4-5-17(12-14(13)2)15-6-8-16(9-7-15)18-10-11-21(3)22(18)19(20)23/h4-9,12,18H,10-11H2,1-3H3,(H2,20,23). The quantitative estimate of drug-likeness (QED) is 0.920. The van der Waals surface area contributed by atoms with Crippen molar-refractivity contribution in [3.8, 4) is 11.1 Å². The molecule has 23 heavy (non-hydrogen) atoms.